The van der Waals surface area contributed by atoms with Gasteiger partial charge in [-0.2, -0.15) is 0 Å². The fourth-order valence-electron chi connectivity index (χ4n) is 1.66. The van der Waals surface area contributed by atoms with Crippen LogP contribution < -0.4 is 0 Å². The molecule has 0 saturated heterocycles. The molecule has 0 aliphatic rings. The molecule has 0 radical (unpaired) electrons. The zero-order valence-corrected chi connectivity index (χ0v) is 12.2. The Labute approximate surface area is 123 Å². The lowest BCUT2D eigenvalue weighted by atomic mass is 10.1. The van der Waals surface area contributed by atoms with Crippen LogP contribution >= 0.6 is 15.9 Å². The molecule has 5 nitrogen and oxygen atoms in total. The molecule has 0 fully saturated rings. The zero-order chi connectivity index (χ0) is 14.7. The maximum Gasteiger partial charge on any atom is 0.270 e. The summed E-state index contributed by atoms with van der Waals surface area (Å²) in [7, 11) is 0. The molecule has 0 heterocycles. The van der Waals surface area contributed by atoms with Crippen LogP contribution in [0.15, 0.2) is 45.9 Å². The molecule has 20 heavy (non-hydrogen) atoms. The van der Waals surface area contributed by atoms with Gasteiger partial charge < -0.3 is 5.11 Å². The molecular weight excluding hydrogens is 324 g/mol. The highest BCUT2D eigenvalue weighted by molar-refractivity contribution is 9.10. The summed E-state index contributed by atoms with van der Waals surface area (Å²) >= 11 is 3.32. The van der Waals surface area contributed by atoms with Crippen LogP contribution in [-0.2, 0) is 0 Å². The molecular formula is C14H11BrN2O3. The number of phenolic OH excluding ortho intramolecular Hbond substituents is 1. The van der Waals surface area contributed by atoms with E-state index in [0.717, 1.165) is 4.47 Å². The summed E-state index contributed by atoms with van der Waals surface area (Å²) in [4.78, 5) is 14.5. The average Bonchev–Trinajstić information content (AvgIpc) is 2.42. The first kappa shape index (κ1) is 14.2. The second kappa shape index (κ2) is 5.83. The highest BCUT2D eigenvalue weighted by atomic mass is 79.9. The number of phenols is 1. The number of non-ortho nitro benzene ring substituents is 1. The van der Waals surface area contributed by atoms with Gasteiger partial charge in [0.25, 0.3) is 5.69 Å². The molecule has 0 aromatic heterocycles. The third-order valence-electron chi connectivity index (χ3n) is 2.70. The van der Waals surface area contributed by atoms with Gasteiger partial charge in [-0.15, -0.1) is 0 Å². The van der Waals surface area contributed by atoms with Crippen LogP contribution in [0.4, 0.5) is 11.4 Å². The van der Waals surface area contributed by atoms with E-state index in [1.165, 1.54) is 18.3 Å². The van der Waals surface area contributed by atoms with Crippen LogP contribution in [0, 0.1) is 17.0 Å². The van der Waals surface area contributed by atoms with Crippen molar-refractivity contribution in [2.75, 3.05) is 0 Å². The number of halogens is 1. The molecule has 0 aliphatic heterocycles. The molecule has 0 bridgehead atoms. The molecule has 0 unspecified atom stereocenters. The number of aryl methyl sites for hydroxylation is 1. The maximum atomic E-state index is 10.8. The monoisotopic (exact) mass is 334 g/mol. The summed E-state index contributed by atoms with van der Waals surface area (Å²) in [6.45, 7) is 1.61. The molecule has 0 spiro atoms. The van der Waals surface area contributed by atoms with Gasteiger partial charge in [-0.3, -0.25) is 15.1 Å². The largest absolute Gasteiger partial charge is 0.507 e. The third kappa shape index (κ3) is 3.21. The van der Waals surface area contributed by atoms with Gasteiger partial charge in [0.05, 0.1) is 10.6 Å². The van der Waals surface area contributed by atoms with E-state index < -0.39 is 4.92 Å². The first-order valence-electron chi connectivity index (χ1n) is 5.75. The second-order valence-corrected chi connectivity index (χ2v) is 5.11. The molecule has 0 atom stereocenters. The van der Waals surface area contributed by atoms with Crippen molar-refractivity contribution < 1.29 is 10.0 Å². The minimum absolute atomic E-state index is 0.00328. The van der Waals surface area contributed by atoms with E-state index in [4.69, 9.17) is 0 Å². The summed E-state index contributed by atoms with van der Waals surface area (Å²) in [5, 5.41) is 20.7. The normalized spacial score (nSPS) is 10.9. The number of nitro groups is 1. The van der Waals surface area contributed by atoms with Gasteiger partial charge in [-0.1, -0.05) is 15.9 Å². The van der Waals surface area contributed by atoms with E-state index in [9.17, 15) is 15.2 Å². The topological polar surface area (TPSA) is 75.7 Å². The van der Waals surface area contributed by atoms with Crippen molar-refractivity contribution in [2.24, 2.45) is 4.99 Å². The van der Waals surface area contributed by atoms with Crippen molar-refractivity contribution in [3.8, 4) is 5.75 Å². The lowest BCUT2D eigenvalue weighted by Crippen LogP contribution is -1.93. The van der Waals surface area contributed by atoms with Crippen molar-refractivity contribution in [1.29, 1.82) is 0 Å². The number of hydrogen-bond acceptors (Lipinski definition) is 4. The van der Waals surface area contributed by atoms with Gasteiger partial charge in [0.1, 0.15) is 5.75 Å². The summed E-state index contributed by atoms with van der Waals surface area (Å²) in [5.41, 5.74) is 1.38. The number of aliphatic imine (C=N–C) groups is 1. The van der Waals surface area contributed by atoms with E-state index >= 15 is 0 Å². The first-order valence-corrected chi connectivity index (χ1v) is 6.54. The molecule has 2 aromatic carbocycles. The maximum absolute atomic E-state index is 10.8. The highest BCUT2D eigenvalue weighted by Gasteiger charge is 2.12. The van der Waals surface area contributed by atoms with Gasteiger partial charge in [0.2, 0.25) is 0 Å². The number of rotatable bonds is 3. The Morgan fingerprint density at radius 2 is 1.95 bits per heavy atom. The molecule has 2 rings (SSSR count). The fraction of sp³-hybridized carbons (Fsp3) is 0.0714. The lowest BCUT2D eigenvalue weighted by molar-refractivity contribution is -0.384. The minimum Gasteiger partial charge on any atom is -0.507 e. The van der Waals surface area contributed by atoms with Crippen molar-refractivity contribution >= 4 is 33.5 Å². The molecule has 6 heteroatoms. The van der Waals surface area contributed by atoms with Gasteiger partial charge in [0, 0.05) is 28.4 Å². The third-order valence-corrected chi connectivity index (χ3v) is 3.23. The van der Waals surface area contributed by atoms with E-state index in [-0.39, 0.29) is 11.4 Å². The SMILES string of the molecule is Cc1cc([N+](=O)[O-])cc(C=Nc2ccc(Br)cc2)c1O. The predicted octanol–water partition coefficient (Wildman–Crippen LogP) is 4.12. The highest BCUT2D eigenvalue weighted by Crippen LogP contribution is 2.27. The van der Waals surface area contributed by atoms with E-state index in [2.05, 4.69) is 20.9 Å². The quantitative estimate of drug-likeness (QED) is 0.521. The van der Waals surface area contributed by atoms with Gasteiger partial charge in [-0.25, -0.2) is 0 Å². The Balaban J connectivity index is 2.37. The van der Waals surface area contributed by atoms with E-state index in [1.807, 2.05) is 12.1 Å². The molecule has 0 aliphatic carbocycles. The first-order chi connectivity index (χ1) is 9.47. The average molecular weight is 335 g/mol. The summed E-state index contributed by atoms with van der Waals surface area (Å²) < 4.78 is 0.936. The van der Waals surface area contributed by atoms with Crippen molar-refractivity contribution in [2.45, 2.75) is 6.92 Å². The van der Waals surface area contributed by atoms with Crippen LogP contribution in [0.1, 0.15) is 11.1 Å². The second-order valence-electron chi connectivity index (χ2n) is 4.19. The molecule has 1 N–H and O–H groups in total. The van der Waals surface area contributed by atoms with Crippen LogP contribution in [0.5, 0.6) is 5.75 Å². The van der Waals surface area contributed by atoms with E-state index in [1.54, 1.807) is 19.1 Å². The van der Waals surface area contributed by atoms with Crippen LogP contribution in [0.3, 0.4) is 0 Å². The summed E-state index contributed by atoms with van der Waals surface area (Å²) in [6.07, 6.45) is 1.42. The number of aromatic hydroxyl groups is 1. The Hall–Kier alpha value is -2.21. The molecule has 0 saturated carbocycles. The van der Waals surface area contributed by atoms with Gasteiger partial charge in [-0.05, 0) is 36.8 Å². The Morgan fingerprint density at radius 1 is 1.30 bits per heavy atom. The Bertz CT molecular complexity index is 682. The number of benzene rings is 2. The number of nitrogens with zero attached hydrogens (tertiary/aromatic N) is 2. The van der Waals surface area contributed by atoms with Crippen LogP contribution in [-0.4, -0.2) is 16.2 Å². The van der Waals surface area contributed by atoms with Crippen molar-refractivity contribution in [1.82, 2.24) is 0 Å². The Kier molecular flexibility index (Phi) is 4.14. The van der Waals surface area contributed by atoms with Gasteiger partial charge in [0.15, 0.2) is 0 Å². The zero-order valence-electron chi connectivity index (χ0n) is 10.6. The van der Waals surface area contributed by atoms with E-state index in [0.29, 0.717) is 16.8 Å². The predicted molar refractivity (Wildman–Crippen MR) is 80.9 cm³/mol. The summed E-state index contributed by atoms with van der Waals surface area (Å²) in [6, 6.07) is 9.89. The molecule has 2 aromatic rings. The van der Waals surface area contributed by atoms with Gasteiger partial charge >= 0.3 is 0 Å². The van der Waals surface area contributed by atoms with Crippen LogP contribution in [0.25, 0.3) is 0 Å². The van der Waals surface area contributed by atoms with Crippen molar-refractivity contribution in [3.63, 3.8) is 0 Å². The molecule has 102 valence electrons. The minimum atomic E-state index is -0.497. The summed E-state index contributed by atoms with van der Waals surface area (Å²) in [5.74, 6) is -0.00328. The van der Waals surface area contributed by atoms with Crippen molar-refractivity contribution in [3.05, 3.63) is 62.1 Å². The fourth-order valence-corrected chi connectivity index (χ4v) is 1.93. The van der Waals surface area contributed by atoms with Crippen LogP contribution in [0.2, 0.25) is 0 Å². The number of nitro benzene ring substituents is 1. The smallest absolute Gasteiger partial charge is 0.270 e. The Morgan fingerprint density at radius 3 is 2.55 bits per heavy atom. The standard InChI is InChI=1S/C14H11BrN2O3/c1-9-6-13(17(19)20)7-10(14(9)18)8-16-12-4-2-11(15)3-5-12/h2-8,18H,1H3. The lowest BCUT2D eigenvalue weighted by Gasteiger charge is -2.03. The molecule has 0 amide bonds. The number of hydrogen-bond donors (Lipinski definition) is 1.